The number of carbonyl (C=O) groups excluding carboxylic acids is 3. The summed E-state index contributed by atoms with van der Waals surface area (Å²) >= 11 is 0. The fourth-order valence-electron chi connectivity index (χ4n) is 3.47. The molecule has 1 atom stereocenters. The lowest BCUT2D eigenvalue weighted by molar-refractivity contribution is -0.125. The third-order valence-corrected chi connectivity index (χ3v) is 5.08. The Morgan fingerprint density at radius 2 is 1.66 bits per heavy atom. The molecule has 0 aliphatic carbocycles. The summed E-state index contributed by atoms with van der Waals surface area (Å²) in [5.41, 5.74) is 2.66. The van der Waals surface area contributed by atoms with Gasteiger partial charge in [-0.3, -0.25) is 14.4 Å². The maximum atomic E-state index is 12.7. The number of hydrogen-bond acceptors (Lipinski definition) is 4. The van der Waals surface area contributed by atoms with Crippen molar-refractivity contribution in [3.63, 3.8) is 0 Å². The lowest BCUT2D eigenvalue weighted by Crippen LogP contribution is -2.44. The van der Waals surface area contributed by atoms with Gasteiger partial charge in [-0.25, -0.2) is 0 Å². The van der Waals surface area contributed by atoms with Crippen LogP contribution in [0.4, 0.5) is 11.4 Å². The van der Waals surface area contributed by atoms with Crippen molar-refractivity contribution in [1.82, 2.24) is 5.32 Å². The molecule has 0 spiro atoms. The van der Waals surface area contributed by atoms with Gasteiger partial charge in [-0.05, 0) is 36.8 Å². The first-order chi connectivity index (χ1) is 15.5. The van der Waals surface area contributed by atoms with Crippen LogP contribution < -0.4 is 20.3 Å². The maximum Gasteiger partial charge on any atom is 0.268 e. The summed E-state index contributed by atoms with van der Waals surface area (Å²) in [6.07, 6.45) is -0.637. The van der Waals surface area contributed by atoms with Crippen LogP contribution in [0.2, 0.25) is 0 Å². The number of carbonyl (C=O) groups is 3. The van der Waals surface area contributed by atoms with Gasteiger partial charge in [0.15, 0.2) is 6.10 Å². The zero-order valence-corrected chi connectivity index (χ0v) is 17.6. The second-order valence-corrected chi connectivity index (χ2v) is 7.45. The number of benzene rings is 3. The summed E-state index contributed by atoms with van der Waals surface area (Å²) < 4.78 is 5.78. The molecule has 3 amide bonds. The molecule has 3 aromatic carbocycles. The third-order valence-electron chi connectivity index (χ3n) is 5.08. The van der Waals surface area contributed by atoms with E-state index in [0.29, 0.717) is 29.2 Å². The first kappa shape index (κ1) is 21.1. The van der Waals surface area contributed by atoms with Crippen LogP contribution in [0.25, 0.3) is 0 Å². The Hall–Kier alpha value is -4.13. The molecule has 7 nitrogen and oxygen atoms in total. The van der Waals surface area contributed by atoms with E-state index in [1.165, 1.54) is 0 Å². The SMILES string of the molecule is CC1Oc2cc(NC(=O)CNC(=O)c3ccccc3)ccc2N(Cc2ccccc2)C1=O. The van der Waals surface area contributed by atoms with Gasteiger partial charge >= 0.3 is 0 Å². The molecule has 32 heavy (non-hydrogen) atoms. The minimum absolute atomic E-state index is 0.123. The van der Waals surface area contributed by atoms with E-state index in [1.807, 2.05) is 36.4 Å². The fraction of sp³-hybridized carbons (Fsp3) is 0.160. The zero-order valence-electron chi connectivity index (χ0n) is 17.6. The Morgan fingerprint density at radius 1 is 0.969 bits per heavy atom. The number of rotatable bonds is 6. The van der Waals surface area contributed by atoms with Crippen molar-refractivity contribution in [1.29, 1.82) is 0 Å². The minimum atomic E-state index is -0.637. The van der Waals surface area contributed by atoms with Crippen LogP contribution in [0.15, 0.2) is 78.9 Å². The van der Waals surface area contributed by atoms with E-state index < -0.39 is 6.10 Å². The highest BCUT2D eigenvalue weighted by Crippen LogP contribution is 2.37. The predicted molar refractivity (Wildman–Crippen MR) is 122 cm³/mol. The van der Waals surface area contributed by atoms with Gasteiger partial charge in [0.25, 0.3) is 11.8 Å². The number of ether oxygens (including phenoxy) is 1. The van der Waals surface area contributed by atoms with Crippen molar-refractivity contribution >= 4 is 29.1 Å². The minimum Gasteiger partial charge on any atom is -0.479 e. The van der Waals surface area contributed by atoms with Crippen molar-refractivity contribution in [2.45, 2.75) is 19.6 Å². The monoisotopic (exact) mass is 429 g/mol. The van der Waals surface area contributed by atoms with Gasteiger partial charge in [0.05, 0.1) is 18.8 Å². The van der Waals surface area contributed by atoms with Crippen LogP contribution in [-0.4, -0.2) is 30.4 Å². The highest BCUT2D eigenvalue weighted by molar-refractivity contribution is 6.01. The van der Waals surface area contributed by atoms with E-state index in [2.05, 4.69) is 10.6 Å². The van der Waals surface area contributed by atoms with Gasteiger partial charge in [-0.15, -0.1) is 0 Å². The quantitative estimate of drug-likeness (QED) is 0.629. The topological polar surface area (TPSA) is 87.7 Å². The van der Waals surface area contributed by atoms with E-state index in [-0.39, 0.29) is 24.3 Å². The van der Waals surface area contributed by atoms with Gasteiger partial charge < -0.3 is 20.3 Å². The highest BCUT2D eigenvalue weighted by atomic mass is 16.5. The number of amides is 3. The van der Waals surface area contributed by atoms with Crippen LogP contribution in [0.1, 0.15) is 22.8 Å². The van der Waals surface area contributed by atoms with E-state index >= 15 is 0 Å². The average molecular weight is 429 g/mol. The summed E-state index contributed by atoms with van der Waals surface area (Å²) in [5.74, 6) is -0.297. The normalized spacial score (nSPS) is 14.8. The van der Waals surface area contributed by atoms with Crippen molar-refractivity contribution in [3.05, 3.63) is 90.0 Å². The summed E-state index contributed by atoms with van der Waals surface area (Å²) in [6.45, 7) is 1.96. The molecule has 0 radical (unpaired) electrons. The predicted octanol–water partition coefficient (Wildman–Crippen LogP) is 3.37. The molecule has 162 valence electrons. The molecule has 1 aliphatic heterocycles. The number of hydrogen-bond donors (Lipinski definition) is 2. The van der Waals surface area contributed by atoms with Gasteiger partial charge in [0.2, 0.25) is 5.91 Å². The highest BCUT2D eigenvalue weighted by Gasteiger charge is 2.31. The summed E-state index contributed by atoms with van der Waals surface area (Å²) in [7, 11) is 0. The van der Waals surface area contributed by atoms with Crippen LogP contribution in [0.3, 0.4) is 0 Å². The lowest BCUT2D eigenvalue weighted by Gasteiger charge is -2.33. The molecule has 2 N–H and O–H groups in total. The first-order valence-corrected chi connectivity index (χ1v) is 10.3. The fourth-order valence-corrected chi connectivity index (χ4v) is 3.47. The van der Waals surface area contributed by atoms with E-state index in [1.54, 1.807) is 54.3 Å². The van der Waals surface area contributed by atoms with Gasteiger partial charge in [0, 0.05) is 17.3 Å². The number of nitrogens with one attached hydrogen (secondary N) is 2. The Labute approximate surface area is 186 Å². The van der Waals surface area contributed by atoms with E-state index in [4.69, 9.17) is 4.74 Å². The molecule has 7 heteroatoms. The Bertz CT molecular complexity index is 1130. The molecule has 0 saturated heterocycles. The Kier molecular flexibility index (Phi) is 6.17. The van der Waals surface area contributed by atoms with Crippen LogP contribution in [0, 0.1) is 0 Å². The summed E-state index contributed by atoms with van der Waals surface area (Å²) in [4.78, 5) is 38.8. The van der Waals surface area contributed by atoms with Crippen LogP contribution >= 0.6 is 0 Å². The molecule has 1 aliphatic rings. The molecule has 3 aromatic rings. The number of nitrogens with zero attached hydrogens (tertiary/aromatic N) is 1. The van der Waals surface area contributed by atoms with Gasteiger partial charge in [-0.2, -0.15) is 0 Å². The largest absolute Gasteiger partial charge is 0.479 e. The Balaban J connectivity index is 1.43. The molecule has 0 bridgehead atoms. The van der Waals surface area contributed by atoms with Crippen molar-refractivity contribution in [3.8, 4) is 5.75 Å². The standard InChI is InChI=1S/C25H23N3O4/c1-17-25(31)28(16-18-8-4-2-5-9-18)21-13-12-20(14-22(21)32-17)27-23(29)15-26-24(30)19-10-6-3-7-11-19/h2-14,17H,15-16H2,1H3,(H,26,30)(H,27,29). The zero-order chi connectivity index (χ0) is 22.5. The first-order valence-electron chi connectivity index (χ1n) is 10.3. The van der Waals surface area contributed by atoms with E-state index in [9.17, 15) is 14.4 Å². The van der Waals surface area contributed by atoms with Crippen molar-refractivity contribution in [2.75, 3.05) is 16.8 Å². The third kappa shape index (κ3) is 4.78. The second kappa shape index (κ2) is 9.34. The van der Waals surface area contributed by atoms with Crippen LogP contribution in [0.5, 0.6) is 5.75 Å². The lowest BCUT2D eigenvalue weighted by atomic mass is 10.1. The average Bonchev–Trinajstić information content (AvgIpc) is 2.81. The number of fused-ring (bicyclic) bond motifs is 1. The van der Waals surface area contributed by atoms with Crippen molar-refractivity contribution in [2.24, 2.45) is 0 Å². The molecule has 0 fully saturated rings. The smallest absolute Gasteiger partial charge is 0.268 e. The van der Waals surface area contributed by atoms with Crippen LogP contribution in [-0.2, 0) is 16.1 Å². The van der Waals surface area contributed by atoms with E-state index in [0.717, 1.165) is 5.56 Å². The second-order valence-electron chi connectivity index (χ2n) is 7.45. The molecule has 4 rings (SSSR count). The molecule has 0 saturated carbocycles. The summed E-state index contributed by atoms with van der Waals surface area (Å²) in [5, 5.41) is 5.35. The summed E-state index contributed by atoms with van der Waals surface area (Å²) in [6, 6.07) is 23.6. The molecule has 0 aromatic heterocycles. The van der Waals surface area contributed by atoms with Crippen molar-refractivity contribution < 1.29 is 19.1 Å². The molecular formula is C25H23N3O4. The number of anilines is 2. The maximum absolute atomic E-state index is 12.7. The Morgan fingerprint density at radius 3 is 2.38 bits per heavy atom. The van der Waals surface area contributed by atoms with Gasteiger partial charge in [0.1, 0.15) is 5.75 Å². The van der Waals surface area contributed by atoms with Gasteiger partial charge in [-0.1, -0.05) is 48.5 Å². The molecule has 1 unspecified atom stereocenters. The molecule has 1 heterocycles. The molecular weight excluding hydrogens is 406 g/mol.